The van der Waals surface area contributed by atoms with Crippen molar-refractivity contribution in [2.45, 2.75) is 17.6 Å². The van der Waals surface area contributed by atoms with Crippen LogP contribution in [-0.4, -0.2) is 39.9 Å². The van der Waals surface area contributed by atoms with Crippen molar-refractivity contribution < 1.29 is 9.18 Å². The summed E-state index contributed by atoms with van der Waals surface area (Å²) in [5.74, 6) is -0.801. The molecule has 0 aliphatic carbocycles. The number of piperidine rings is 1. The van der Waals surface area contributed by atoms with E-state index in [1.54, 1.807) is 28.8 Å². The van der Waals surface area contributed by atoms with Gasteiger partial charge in [-0.1, -0.05) is 18.3 Å². The summed E-state index contributed by atoms with van der Waals surface area (Å²) in [7, 11) is 0. The Balaban J connectivity index is 2.14. The van der Waals surface area contributed by atoms with Crippen LogP contribution in [0.15, 0.2) is 22.7 Å². The predicted molar refractivity (Wildman–Crippen MR) is 92.3 cm³/mol. The molecule has 2 N–H and O–H groups in total. The Morgan fingerprint density at radius 2 is 2.10 bits per heavy atom. The molecule has 1 aliphatic heterocycles. The number of nitrogens with two attached hydrogens (primary N) is 1. The van der Waals surface area contributed by atoms with Crippen LogP contribution in [-0.2, 0) is 0 Å². The third-order valence-corrected chi connectivity index (χ3v) is 6.42. The lowest BCUT2D eigenvalue weighted by molar-refractivity contribution is 0.0714. The maximum atomic E-state index is 14.0. The quantitative estimate of drug-likeness (QED) is 0.804. The zero-order valence-corrected chi connectivity index (χ0v) is 14.8. The van der Waals surface area contributed by atoms with E-state index in [-0.39, 0.29) is 16.2 Å². The topological polar surface area (TPSA) is 46.3 Å². The summed E-state index contributed by atoms with van der Waals surface area (Å²) in [5.41, 5.74) is 5.92. The van der Waals surface area contributed by atoms with E-state index in [2.05, 4.69) is 15.9 Å². The predicted octanol–water partition coefficient (Wildman–Crippen LogP) is 3.21. The second kappa shape index (κ2) is 6.62. The van der Waals surface area contributed by atoms with Gasteiger partial charge in [-0.3, -0.25) is 4.79 Å². The first-order chi connectivity index (χ1) is 9.91. The van der Waals surface area contributed by atoms with Gasteiger partial charge in [0.2, 0.25) is 0 Å². The fourth-order valence-electron chi connectivity index (χ4n) is 2.46. The van der Waals surface area contributed by atoms with Crippen molar-refractivity contribution in [1.29, 1.82) is 0 Å². The number of hydrogen-bond donors (Lipinski definition) is 1. The lowest BCUT2D eigenvalue weighted by atomic mass is 9.95. The normalized spacial score (nSPS) is 17.6. The van der Waals surface area contributed by atoms with Gasteiger partial charge in [0.1, 0.15) is 5.82 Å². The number of thiocarbonyl (C=S) groups is 1. The van der Waals surface area contributed by atoms with Gasteiger partial charge in [0.25, 0.3) is 5.91 Å². The van der Waals surface area contributed by atoms with E-state index < -0.39 is 5.82 Å². The number of carbonyl (C=O) groups is 1. The van der Waals surface area contributed by atoms with Crippen LogP contribution in [0.2, 0.25) is 0 Å². The summed E-state index contributed by atoms with van der Waals surface area (Å²) in [4.78, 5) is 14.6. The summed E-state index contributed by atoms with van der Waals surface area (Å²) in [6, 6.07) is 4.74. The molecule has 0 unspecified atom stereocenters. The molecule has 1 aromatic carbocycles. The first-order valence-corrected chi connectivity index (χ1v) is 8.92. The number of halogens is 2. The standard InChI is InChI=1S/C14H16BrFN2OS2/c1-21-14(13(17)20)5-7-18(8-6-14)12(19)9-3-2-4-10(15)11(9)16/h2-4H,5-8H2,1H3,(H2,17,20). The number of thioether (sulfide) groups is 1. The molecule has 1 aromatic rings. The number of carbonyl (C=O) groups excluding carboxylic acids is 1. The molecule has 1 saturated heterocycles. The van der Waals surface area contributed by atoms with Crippen molar-refractivity contribution in [1.82, 2.24) is 4.90 Å². The van der Waals surface area contributed by atoms with Gasteiger partial charge in [-0.05, 0) is 47.2 Å². The van der Waals surface area contributed by atoms with Crippen molar-refractivity contribution in [2.75, 3.05) is 19.3 Å². The minimum Gasteiger partial charge on any atom is -0.392 e. The minimum absolute atomic E-state index is 0.0938. The summed E-state index contributed by atoms with van der Waals surface area (Å²) >= 11 is 9.88. The van der Waals surface area contributed by atoms with Crippen molar-refractivity contribution in [3.63, 3.8) is 0 Å². The van der Waals surface area contributed by atoms with Crippen LogP contribution >= 0.6 is 39.9 Å². The van der Waals surface area contributed by atoms with Crippen molar-refractivity contribution >= 4 is 50.8 Å². The first-order valence-electron chi connectivity index (χ1n) is 6.49. The van der Waals surface area contributed by atoms with E-state index in [0.29, 0.717) is 35.4 Å². The molecule has 1 heterocycles. The number of benzene rings is 1. The zero-order chi connectivity index (χ0) is 15.6. The monoisotopic (exact) mass is 390 g/mol. The van der Waals surface area contributed by atoms with E-state index in [1.165, 1.54) is 6.07 Å². The highest BCUT2D eigenvalue weighted by Gasteiger charge is 2.38. The zero-order valence-electron chi connectivity index (χ0n) is 11.6. The Morgan fingerprint density at radius 3 is 2.62 bits per heavy atom. The summed E-state index contributed by atoms with van der Waals surface area (Å²) < 4.78 is 14.1. The maximum absolute atomic E-state index is 14.0. The third kappa shape index (κ3) is 3.24. The van der Waals surface area contributed by atoms with Gasteiger partial charge in [0.05, 0.1) is 19.8 Å². The number of likely N-dealkylation sites (tertiary alicyclic amines) is 1. The van der Waals surface area contributed by atoms with E-state index in [0.717, 1.165) is 0 Å². The molecular formula is C14H16BrFN2OS2. The maximum Gasteiger partial charge on any atom is 0.256 e. The van der Waals surface area contributed by atoms with E-state index >= 15 is 0 Å². The Bertz CT molecular complexity index is 574. The molecule has 0 aromatic heterocycles. The molecule has 7 heteroatoms. The highest BCUT2D eigenvalue weighted by molar-refractivity contribution is 9.10. The molecule has 1 fully saturated rings. The van der Waals surface area contributed by atoms with Gasteiger partial charge in [-0.2, -0.15) is 11.8 Å². The molecule has 0 atom stereocenters. The largest absolute Gasteiger partial charge is 0.392 e. The molecule has 0 spiro atoms. The average Bonchev–Trinajstić information content (AvgIpc) is 2.49. The Labute approximate surface area is 141 Å². The smallest absolute Gasteiger partial charge is 0.256 e. The van der Waals surface area contributed by atoms with Gasteiger partial charge in [-0.15, -0.1) is 0 Å². The van der Waals surface area contributed by atoms with E-state index in [9.17, 15) is 9.18 Å². The van der Waals surface area contributed by atoms with Crippen LogP contribution in [0.4, 0.5) is 4.39 Å². The Hall–Kier alpha value is -0.660. The lowest BCUT2D eigenvalue weighted by Gasteiger charge is -2.40. The van der Waals surface area contributed by atoms with Crippen LogP contribution in [0, 0.1) is 5.82 Å². The Morgan fingerprint density at radius 1 is 1.48 bits per heavy atom. The van der Waals surface area contributed by atoms with Gasteiger partial charge in [0.15, 0.2) is 0 Å². The summed E-state index contributed by atoms with van der Waals surface area (Å²) in [6.07, 6.45) is 3.38. The van der Waals surface area contributed by atoms with Crippen LogP contribution in [0.3, 0.4) is 0 Å². The number of amides is 1. The van der Waals surface area contributed by atoms with Gasteiger partial charge in [-0.25, -0.2) is 4.39 Å². The first kappa shape index (κ1) is 16.7. The minimum atomic E-state index is -0.515. The highest BCUT2D eigenvalue weighted by atomic mass is 79.9. The fourth-order valence-corrected chi connectivity index (χ4v) is 4.07. The highest BCUT2D eigenvalue weighted by Crippen LogP contribution is 2.35. The summed E-state index contributed by atoms with van der Waals surface area (Å²) in [5, 5.41) is 0. The van der Waals surface area contributed by atoms with Gasteiger partial charge >= 0.3 is 0 Å². The third-order valence-electron chi connectivity index (χ3n) is 3.88. The van der Waals surface area contributed by atoms with Gasteiger partial charge in [0, 0.05) is 13.1 Å². The fraction of sp³-hybridized carbons (Fsp3) is 0.429. The number of nitrogens with zero attached hydrogens (tertiary/aromatic N) is 1. The molecule has 21 heavy (non-hydrogen) atoms. The molecule has 0 saturated carbocycles. The molecule has 1 aliphatic rings. The van der Waals surface area contributed by atoms with Crippen LogP contribution in [0.5, 0.6) is 0 Å². The lowest BCUT2D eigenvalue weighted by Crippen LogP contribution is -2.50. The molecule has 0 bridgehead atoms. The molecule has 114 valence electrons. The van der Waals surface area contributed by atoms with E-state index in [4.69, 9.17) is 18.0 Å². The molecule has 3 nitrogen and oxygen atoms in total. The molecule has 1 amide bonds. The van der Waals surface area contributed by atoms with Gasteiger partial charge < -0.3 is 10.6 Å². The average molecular weight is 391 g/mol. The van der Waals surface area contributed by atoms with Crippen molar-refractivity contribution in [2.24, 2.45) is 5.73 Å². The van der Waals surface area contributed by atoms with Crippen LogP contribution in [0.1, 0.15) is 23.2 Å². The SMILES string of the molecule is CSC1(C(N)=S)CCN(C(=O)c2cccc(Br)c2F)CC1. The number of hydrogen-bond acceptors (Lipinski definition) is 3. The molecule has 2 rings (SSSR count). The molecule has 0 radical (unpaired) electrons. The second-order valence-electron chi connectivity index (χ2n) is 4.96. The Kier molecular flexibility index (Phi) is 5.27. The number of rotatable bonds is 3. The van der Waals surface area contributed by atoms with Crippen molar-refractivity contribution in [3.05, 3.63) is 34.1 Å². The van der Waals surface area contributed by atoms with E-state index in [1.807, 2.05) is 6.26 Å². The van der Waals surface area contributed by atoms with Crippen molar-refractivity contribution in [3.8, 4) is 0 Å². The van der Waals surface area contributed by atoms with Crippen LogP contribution in [0.25, 0.3) is 0 Å². The second-order valence-corrected chi connectivity index (χ2v) is 7.44. The molecular weight excluding hydrogens is 375 g/mol. The van der Waals surface area contributed by atoms with Crippen LogP contribution < -0.4 is 5.73 Å². The summed E-state index contributed by atoms with van der Waals surface area (Å²) in [6.45, 7) is 1.06.